The Morgan fingerprint density at radius 3 is 2.27 bits per heavy atom. The molecule has 1 fully saturated rings. The third-order valence-corrected chi connectivity index (χ3v) is 4.16. The third kappa shape index (κ3) is 3.38. The van der Waals surface area contributed by atoms with Crippen LogP contribution in [0.3, 0.4) is 0 Å². The third-order valence-electron chi connectivity index (χ3n) is 3.47. The fourth-order valence-corrected chi connectivity index (χ4v) is 2.65. The van der Waals surface area contributed by atoms with Gasteiger partial charge in [0.1, 0.15) is 5.75 Å². The summed E-state index contributed by atoms with van der Waals surface area (Å²) in [6, 6.07) is 5.16. The molecule has 0 bridgehead atoms. The van der Waals surface area contributed by atoms with E-state index in [2.05, 4.69) is 15.9 Å². The summed E-state index contributed by atoms with van der Waals surface area (Å²) < 4.78 is 5.80. The first-order valence-electron chi connectivity index (χ1n) is 6.65. The zero-order valence-corrected chi connectivity index (χ0v) is 13.6. The molecule has 2 N–H and O–H groups in total. The van der Waals surface area contributed by atoms with E-state index in [9.17, 15) is 14.4 Å². The van der Waals surface area contributed by atoms with Crippen LogP contribution in [0.1, 0.15) is 10.4 Å². The summed E-state index contributed by atoms with van der Waals surface area (Å²) in [5.41, 5.74) is 5.47. The zero-order chi connectivity index (χ0) is 16.3. The smallest absolute Gasteiger partial charge is 0.311 e. The summed E-state index contributed by atoms with van der Waals surface area (Å²) in [5.74, 6) is -1.25. The van der Waals surface area contributed by atoms with Crippen molar-refractivity contribution in [3.63, 3.8) is 0 Å². The number of amides is 3. The van der Waals surface area contributed by atoms with Crippen LogP contribution >= 0.6 is 15.9 Å². The number of halogens is 1. The van der Waals surface area contributed by atoms with Crippen LogP contribution in [0.25, 0.3) is 0 Å². The second-order valence-electron chi connectivity index (χ2n) is 4.79. The van der Waals surface area contributed by atoms with Crippen molar-refractivity contribution < 1.29 is 19.1 Å². The van der Waals surface area contributed by atoms with Gasteiger partial charge in [-0.2, -0.15) is 0 Å². The molecular weight excluding hydrogens is 354 g/mol. The predicted octanol–water partition coefficient (Wildman–Crippen LogP) is 0.227. The van der Waals surface area contributed by atoms with Crippen molar-refractivity contribution in [3.8, 4) is 5.75 Å². The molecule has 3 amide bonds. The van der Waals surface area contributed by atoms with E-state index in [1.165, 1.54) is 12.0 Å². The Morgan fingerprint density at radius 1 is 1.14 bits per heavy atom. The van der Waals surface area contributed by atoms with E-state index in [1.54, 1.807) is 23.1 Å². The fourth-order valence-electron chi connectivity index (χ4n) is 2.23. The van der Waals surface area contributed by atoms with Gasteiger partial charge in [-0.15, -0.1) is 0 Å². The molecule has 1 saturated heterocycles. The van der Waals surface area contributed by atoms with Gasteiger partial charge in [0, 0.05) is 30.7 Å². The fraction of sp³-hybridized carbons (Fsp3) is 0.357. The molecule has 0 saturated carbocycles. The topological polar surface area (TPSA) is 92.9 Å². The largest absolute Gasteiger partial charge is 0.497 e. The van der Waals surface area contributed by atoms with Gasteiger partial charge in [-0.3, -0.25) is 14.4 Å². The first-order valence-corrected chi connectivity index (χ1v) is 7.45. The van der Waals surface area contributed by atoms with Crippen molar-refractivity contribution in [1.82, 2.24) is 9.80 Å². The molecule has 22 heavy (non-hydrogen) atoms. The van der Waals surface area contributed by atoms with E-state index in [1.807, 2.05) is 0 Å². The Hall–Kier alpha value is -2.09. The van der Waals surface area contributed by atoms with E-state index < -0.39 is 11.8 Å². The van der Waals surface area contributed by atoms with Gasteiger partial charge in [0.05, 0.1) is 12.7 Å². The number of nitrogens with two attached hydrogens (primary N) is 1. The molecule has 118 valence electrons. The number of hydrogen-bond donors (Lipinski definition) is 1. The van der Waals surface area contributed by atoms with Gasteiger partial charge in [-0.25, -0.2) is 0 Å². The van der Waals surface area contributed by atoms with Crippen LogP contribution in [0.5, 0.6) is 5.75 Å². The summed E-state index contributed by atoms with van der Waals surface area (Å²) in [7, 11) is 1.53. The summed E-state index contributed by atoms with van der Waals surface area (Å²) in [4.78, 5) is 37.9. The number of piperazine rings is 1. The number of methoxy groups -OCH3 is 1. The summed E-state index contributed by atoms with van der Waals surface area (Å²) >= 11 is 3.35. The van der Waals surface area contributed by atoms with Gasteiger partial charge in [-0.05, 0) is 34.1 Å². The molecule has 1 aliphatic rings. The Morgan fingerprint density at radius 2 is 1.73 bits per heavy atom. The number of rotatable bonds is 2. The van der Waals surface area contributed by atoms with Crippen LogP contribution in [0.4, 0.5) is 0 Å². The molecule has 8 heteroatoms. The van der Waals surface area contributed by atoms with Crippen LogP contribution in [0.2, 0.25) is 0 Å². The van der Waals surface area contributed by atoms with Crippen molar-refractivity contribution in [1.29, 1.82) is 0 Å². The average Bonchev–Trinajstić information content (AvgIpc) is 2.54. The SMILES string of the molecule is COc1ccc(Br)c(C(=O)N2CCN(C(=O)C(N)=O)CC2)c1. The zero-order valence-electron chi connectivity index (χ0n) is 12.0. The van der Waals surface area contributed by atoms with Crippen molar-refractivity contribution in [2.24, 2.45) is 5.73 Å². The van der Waals surface area contributed by atoms with E-state index in [-0.39, 0.29) is 19.0 Å². The number of benzene rings is 1. The Balaban J connectivity index is 2.07. The highest BCUT2D eigenvalue weighted by Gasteiger charge is 2.27. The number of hydrogen-bond acceptors (Lipinski definition) is 4. The van der Waals surface area contributed by atoms with Gasteiger partial charge in [0.25, 0.3) is 5.91 Å². The number of nitrogens with zero attached hydrogens (tertiary/aromatic N) is 2. The van der Waals surface area contributed by atoms with Crippen molar-refractivity contribution in [3.05, 3.63) is 28.2 Å². The molecule has 0 aromatic heterocycles. The number of primary amides is 1. The second-order valence-corrected chi connectivity index (χ2v) is 5.65. The van der Waals surface area contributed by atoms with E-state index in [4.69, 9.17) is 10.5 Å². The molecular formula is C14H16BrN3O4. The lowest BCUT2D eigenvalue weighted by molar-refractivity contribution is -0.145. The molecule has 1 aromatic carbocycles. The van der Waals surface area contributed by atoms with Gasteiger partial charge in [0.2, 0.25) is 0 Å². The minimum Gasteiger partial charge on any atom is -0.497 e. The number of carbonyl (C=O) groups excluding carboxylic acids is 3. The lowest BCUT2D eigenvalue weighted by Gasteiger charge is -2.34. The molecule has 0 unspecified atom stereocenters. The van der Waals surface area contributed by atoms with Crippen molar-refractivity contribution in [2.75, 3.05) is 33.3 Å². The Labute approximate surface area is 136 Å². The number of ether oxygens (including phenoxy) is 1. The molecule has 0 aliphatic carbocycles. The molecule has 0 atom stereocenters. The molecule has 2 rings (SSSR count). The Kier molecular flexibility index (Phi) is 5.02. The highest BCUT2D eigenvalue weighted by molar-refractivity contribution is 9.10. The maximum absolute atomic E-state index is 12.5. The average molecular weight is 370 g/mol. The molecule has 7 nitrogen and oxygen atoms in total. The van der Waals surface area contributed by atoms with E-state index in [0.717, 1.165) is 0 Å². The molecule has 1 aliphatic heterocycles. The lowest BCUT2D eigenvalue weighted by atomic mass is 10.1. The van der Waals surface area contributed by atoms with Crippen LogP contribution in [0.15, 0.2) is 22.7 Å². The van der Waals surface area contributed by atoms with Gasteiger partial charge >= 0.3 is 11.8 Å². The van der Waals surface area contributed by atoms with Crippen LogP contribution in [0, 0.1) is 0 Å². The van der Waals surface area contributed by atoms with Gasteiger partial charge in [-0.1, -0.05) is 0 Å². The highest BCUT2D eigenvalue weighted by atomic mass is 79.9. The molecule has 1 heterocycles. The molecule has 1 aromatic rings. The van der Waals surface area contributed by atoms with Crippen LogP contribution in [-0.2, 0) is 9.59 Å². The second kappa shape index (κ2) is 6.78. The molecule has 0 radical (unpaired) electrons. The predicted molar refractivity (Wildman–Crippen MR) is 82.4 cm³/mol. The lowest BCUT2D eigenvalue weighted by Crippen LogP contribution is -2.53. The van der Waals surface area contributed by atoms with E-state index >= 15 is 0 Å². The first-order chi connectivity index (χ1) is 10.4. The van der Waals surface area contributed by atoms with Crippen molar-refractivity contribution >= 4 is 33.7 Å². The standard InChI is InChI=1S/C14H16BrN3O4/c1-22-9-2-3-11(15)10(8-9)13(20)17-4-6-18(7-5-17)14(21)12(16)19/h2-3,8H,4-7H2,1H3,(H2,16,19). The maximum Gasteiger partial charge on any atom is 0.311 e. The highest BCUT2D eigenvalue weighted by Crippen LogP contribution is 2.24. The van der Waals surface area contributed by atoms with Crippen LogP contribution in [-0.4, -0.2) is 60.8 Å². The van der Waals surface area contributed by atoms with Crippen molar-refractivity contribution in [2.45, 2.75) is 0 Å². The Bertz CT molecular complexity index is 612. The van der Waals surface area contributed by atoms with Crippen LogP contribution < -0.4 is 10.5 Å². The van der Waals surface area contributed by atoms with Gasteiger partial charge in [0.15, 0.2) is 0 Å². The normalized spacial score (nSPS) is 14.6. The van der Waals surface area contributed by atoms with Gasteiger partial charge < -0.3 is 20.3 Å². The number of carbonyl (C=O) groups is 3. The maximum atomic E-state index is 12.5. The summed E-state index contributed by atoms with van der Waals surface area (Å²) in [6.45, 7) is 1.27. The minimum absolute atomic E-state index is 0.156. The summed E-state index contributed by atoms with van der Waals surface area (Å²) in [6.07, 6.45) is 0. The summed E-state index contributed by atoms with van der Waals surface area (Å²) in [5, 5.41) is 0. The quantitative estimate of drug-likeness (QED) is 0.755. The first kappa shape index (κ1) is 16.3. The van der Waals surface area contributed by atoms with E-state index in [0.29, 0.717) is 28.9 Å². The monoisotopic (exact) mass is 369 g/mol. The minimum atomic E-state index is -0.977. The molecule has 0 spiro atoms.